The Kier molecular flexibility index (Phi) is 5.04. The van der Waals surface area contributed by atoms with Crippen molar-refractivity contribution >= 4 is 29.2 Å². The molecule has 158 valence electrons. The van der Waals surface area contributed by atoms with Gasteiger partial charge >= 0.3 is 5.82 Å². The number of nitro groups is 1. The van der Waals surface area contributed by atoms with Gasteiger partial charge in [0.15, 0.2) is 0 Å². The molecule has 4 heterocycles. The molecule has 11 heteroatoms. The van der Waals surface area contributed by atoms with Crippen molar-refractivity contribution in [1.82, 2.24) is 24.1 Å². The molecule has 1 aliphatic heterocycles. The number of aromatic nitrogens is 5. The van der Waals surface area contributed by atoms with Crippen LogP contribution in [0.3, 0.4) is 0 Å². The van der Waals surface area contributed by atoms with E-state index in [1.165, 1.54) is 4.40 Å². The van der Waals surface area contributed by atoms with Crippen LogP contribution in [0.2, 0.25) is 0 Å². The lowest BCUT2D eigenvalue weighted by molar-refractivity contribution is -0.393. The van der Waals surface area contributed by atoms with Gasteiger partial charge in [0.25, 0.3) is 0 Å². The van der Waals surface area contributed by atoms with Gasteiger partial charge in [-0.3, -0.25) is 4.57 Å². The lowest BCUT2D eigenvalue weighted by Gasteiger charge is -2.27. The molecule has 1 saturated heterocycles. The molecule has 0 aliphatic carbocycles. The van der Waals surface area contributed by atoms with E-state index in [0.29, 0.717) is 43.1 Å². The molecule has 3 aromatic heterocycles. The maximum absolute atomic E-state index is 11.8. The third-order valence-electron chi connectivity index (χ3n) is 5.04. The SMILES string of the molecule is Cc1ccc(-n2c(Sc3nc4ccccn4c3[N+](=O)[O-])nnc2N2CCOCC2)cc1. The molecule has 0 saturated carbocycles. The molecular weight excluding hydrogens is 418 g/mol. The summed E-state index contributed by atoms with van der Waals surface area (Å²) in [4.78, 5) is 18.0. The lowest BCUT2D eigenvalue weighted by Crippen LogP contribution is -2.37. The fraction of sp³-hybridized carbons (Fsp3) is 0.250. The minimum Gasteiger partial charge on any atom is -0.378 e. The van der Waals surface area contributed by atoms with Crippen molar-refractivity contribution < 1.29 is 9.66 Å². The Morgan fingerprint density at radius 3 is 2.61 bits per heavy atom. The monoisotopic (exact) mass is 437 g/mol. The number of aryl methyl sites for hydroxylation is 1. The van der Waals surface area contributed by atoms with E-state index in [0.717, 1.165) is 23.0 Å². The normalized spacial score (nSPS) is 14.3. The molecule has 0 atom stereocenters. The average molecular weight is 437 g/mol. The number of anilines is 1. The number of benzene rings is 1. The molecule has 31 heavy (non-hydrogen) atoms. The Labute approximate surface area is 181 Å². The summed E-state index contributed by atoms with van der Waals surface area (Å²) in [6.45, 7) is 4.64. The van der Waals surface area contributed by atoms with Gasteiger partial charge < -0.3 is 19.8 Å². The first-order valence-corrected chi connectivity index (χ1v) is 10.6. The Morgan fingerprint density at radius 1 is 1.10 bits per heavy atom. The minimum absolute atomic E-state index is 0.0908. The first-order valence-electron chi connectivity index (χ1n) is 9.76. The summed E-state index contributed by atoms with van der Waals surface area (Å²) in [5.74, 6) is 0.591. The molecule has 10 nitrogen and oxygen atoms in total. The van der Waals surface area contributed by atoms with Crippen LogP contribution in [0.25, 0.3) is 11.3 Å². The minimum atomic E-state index is -0.419. The van der Waals surface area contributed by atoms with E-state index in [1.807, 2.05) is 35.8 Å². The first kappa shape index (κ1) is 19.5. The van der Waals surface area contributed by atoms with Gasteiger partial charge in [0.1, 0.15) is 0 Å². The van der Waals surface area contributed by atoms with E-state index in [-0.39, 0.29) is 10.8 Å². The molecule has 1 aromatic carbocycles. The average Bonchev–Trinajstić information content (AvgIpc) is 3.36. The molecule has 1 fully saturated rings. The van der Waals surface area contributed by atoms with Gasteiger partial charge in [-0.1, -0.05) is 23.8 Å². The van der Waals surface area contributed by atoms with E-state index in [4.69, 9.17) is 4.74 Å². The Morgan fingerprint density at radius 2 is 1.87 bits per heavy atom. The number of fused-ring (bicyclic) bond motifs is 1. The molecule has 0 N–H and O–H groups in total. The van der Waals surface area contributed by atoms with Crippen LogP contribution in [0, 0.1) is 17.0 Å². The van der Waals surface area contributed by atoms with Gasteiger partial charge in [0, 0.05) is 19.2 Å². The third-order valence-corrected chi connectivity index (χ3v) is 5.95. The van der Waals surface area contributed by atoms with Gasteiger partial charge in [-0.2, -0.15) is 9.38 Å². The number of ether oxygens (including phenoxy) is 1. The fourth-order valence-electron chi connectivity index (χ4n) is 3.50. The second kappa shape index (κ2) is 8.00. The molecule has 0 unspecified atom stereocenters. The number of hydrogen-bond donors (Lipinski definition) is 0. The zero-order chi connectivity index (χ0) is 21.4. The Bertz CT molecular complexity index is 1250. The molecule has 4 aromatic rings. The highest BCUT2D eigenvalue weighted by atomic mass is 32.2. The van der Waals surface area contributed by atoms with Gasteiger partial charge in [0.2, 0.25) is 21.8 Å². The molecular formula is C20H19N7O3S. The molecule has 5 rings (SSSR count). The lowest BCUT2D eigenvalue weighted by atomic mass is 10.2. The summed E-state index contributed by atoms with van der Waals surface area (Å²) in [6, 6.07) is 13.3. The van der Waals surface area contributed by atoms with E-state index >= 15 is 0 Å². The smallest absolute Gasteiger partial charge is 0.362 e. The first-order chi connectivity index (χ1) is 15.1. The second-order valence-electron chi connectivity index (χ2n) is 7.08. The topological polar surface area (TPSA) is 104 Å². The predicted molar refractivity (Wildman–Crippen MR) is 115 cm³/mol. The summed E-state index contributed by atoms with van der Waals surface area (Å²) in [7, 11) is 0. The zero-order valence-corrected chi connectivity index (χ0v) is 17.5. The third kappa shape index (κ3) is 3.62. The largest absolute Gasteiger partial charge is 0.378 e. The van der Waals surface area contributed by atoms with Crippen LogP contribution in [-0.2, 0) is 4.74 Å². The zero-order valence-electron chi connectivity index (χ0n) is 16.7. The Hall–Kier alpha value is -3.44. The van der Waals surface area contributed by atoms with E-state index in [2.05, 4.69) is 20.1 Å². The summed E-state index contributed by atoms with van der Waals surface area (Å²) >= 11 is 1.14. The number of nitrogens with zero attached hydrogens (tertiary/aromatic N) is 7. The number of morpholine rings is 1. The number of pyridine rings is 1. The highest BCUT2D eigenvalue weighted by molar-refractivity contribution is 7.99. The summed E-state index contributed by atoms with van der Waals surface area (Å²) in [5.41, 5.74) is 2.52. The number of imidazole rings is 1. The second-order valence-corrected chi connectivity index (χ2v) is 8.04. The quantitative estimate of drug-likeness (QED) is 0.347. The maximum Gasteiger partial charge on any atom is 0.362 e. The van der Waals surface area contributed by atoms with Gasteiger partial charge in [0.05, 0.1) is 25.1 Å². The standard InChI is InChI=1S/C20H19N7O3S/c1-14-5-7-15(8-6-14)26-19(24-10-12-30-13-11-24)22-23-20(26)31-17-18(27(28)29)25-9-3-2-4-16(25)21-17/h2-9H,10-13H2,1H3. The van der Waals surface area contributed by atoms with E-state index < -0.39 is 4.92 Å². The van der Waals surface area contributed by atoms with Crippen LogP contribution in [-0.4, -0.2) is 55.4 Å². The van der Waals surface area contributed by atoms with Crippen LogP contribution in [0.1, 0.15) is 5.56 Å². The molecule has 1 aliphatic rings. The molecule has 0 amide bonds. The maximum atomic E-state index is 11.8. The van der Waals surface area contributed by atoms with Crippen LogP contribution in [0.4, 0.5) is 11.8 Å². The highest BCUT2D eigenvalue weighted by Crippen LogP contribution is 2.36. The van der Waals surface area contributed by atoms with Crippen LogP contribution in [0.15, 0.2) is 58.8 Å². The van der Waals surface area contributed by atoms with Gasteiger partial charge in [-0.25, -0.2) is 0 Å². The van der Waals surface area contributed by atoms with Crippen molar-refractivity contribution in [2.75, 3.05) is 31.2 Å². The Balaban J connectivity index is 1.62. The van der Waals surface area contributed by atoms with Gasteiger partial charge in [-0.15, -0.1) is 10.2 Å². The van der Waals surface area contributed by atoms with Gasteiger partial charge in [-0.05, 0) is 41.8 Å². The van der Waals surface area contributed by atoms with E-state index in [1.54, 1.807) is 24.4 Å². The van der Waals surface area contributed by atoms with Crippen molar-refractivity contribution in [3.05, 3.63) is 64.3 Å². The number of hydrogen-bond acceptors (Lipinski definition) is 8. The van der Waals surface area contributed by atoms with Crippen LogP contribution < -0.4 is 4.90 Å². The van der Waals surface area contributed by atoms with Crippen LogP contribution in [0.5, 0.6) is 0 Å². The van der Waals surface area contributed by atoms with E-state index in [9.17, 15) is 10.1 Å². The van der Waals surface area contributed by atoms with Crippen molar-refractivity contribution in [3.8, 4) is 5.69 Å². The fourth-order valence-corrected chi connectivity index (χ4v) is 4.43. The van der Waals surface area contributed by atoms with Crippen LogP contribution >= 0.6 is 11.8 Å². The summed E-state index contributed by atoms with van der Waals surface area (Å²) < 4.78 is 8.86. The number of rotatable bonds is 5. The highest BCUT2D eigenvalue weighted by Gasteiger charge is 2.28. The summed E-state index contributed by atoms with van der Waals surface area (Å²) in [6.07, 6.45) is 1.63. The predicted octanol–water partition coefficient (Wildman–Crippen LogP) is 3.12. The van der Waals surface area contributed by atoms with Crippen molar-refractivity contribution in [1.29, 1.82) is 0 Å². The summed E-state index contributed by atoms with van der Waals surface area (Å²) in [5, 5.41) is 21.4. The molecule has 0 spiro atoms. The molecule has 0 radical (unpaired) electrons. The van der Waals surface area contributed by atoms with Crippen molar-refractivity contribution in [2.24, 2.45) is 0 Å². The van der Waals surface area contributed by atoms with Crippen molar-refractivity contribution in [2.45, 2.75) is 17.1 Å². The molecule has 0 bridgehead atoms. The van der Waals surface area contributed by atoms with Crippen molar-refractivity contribution in [3.63, 3.8) is 0 Å².